The number of rotatable bonds is 5. The standard InChI is InChI=1S/C23H31N7O/c31-21(28-16-18-30(19-17-28)22-24-11-7-12-25-22)10-13-26-23(29-14-5-2-6-15-29)27-20-8-3-1-4-9-20/h1,3-4,7-9,11-12H,2,5-6,10,13-19H2,(H,26,27). The van der Waals surface area contributed by atoms with Crippen LogP contribution in [0.4, 0.5) is 11.6 Å². The van der Waals surface area contributed by atoms with E-state index in [0.29, 0.717) is 26.1 Å². The molecule has 0 bridgehead atoms. The van der Waals surface area contributed by atoms with E-state index in [4.69, 9.17) is 4.99 Å². The number of benzene rings is 1. The average Bonchev–Trinajstić information content (AvgIpc) is 2.85. The van der Waals surface area contributed by atoms with Crippen LogP contribution in [-0.2, 0) is 4.79 Å². The number of anilines is 2. The van der Waals surface area contributed by atoms with Gasteiger partial charge in [0.2, 0.25) is 11.9 Å². The molecule has 1 N–H and O–H groups in total. The first kappa shape index (κ1) is 21.1. The molecule has 1 amide bonds. The fourth-order valence-electron chi connectivity index (χ4n) is 4.00. The topological polar surface area (TPSA) is 77.0 Å². The van der Waals surface area contributed by atoms with Gasteiger partial charge in [0, 0.05) is 63.8 Å². The van der Waals surface area contributed by atoms with Crippen molar-refractivity contribution in [2.75, 3.05) is 56.0 Å². The fourth-order valence-corrected chi connectivity index (χ4v) is 4.00. The maximum absolute atomic E-state index is 12.7. The molecule has 1 aromatic carbocycles. The van der Waals surface area contributed by atoms with Crippen molar-refractivity contribution in [2.45, 2.75) is 25.7 Å². The van der Waals surface area contributed by atoms with Crippen LogP contribution in [0.15, 0.2) is 53.8 Å². The number of guanidine groups is 1. The van der Waals surface area contributed by atoms with Gasteiger partial charge < -0.3 is 20.0 Å². The third kappa shape index (κ3) is 5.93. The van der Waals surface area contributed by atoms with Gasteiger partial charge in [0.05, 0.1) is 6.54 Å². The summed E-state index contributed by atoms with van der Waals surface area (Å²) in [6.07, 6.45) is 7.57. The van der Waals surface area contributed by atoms with Gasteiger partial charge in [-0.05, 0) is 37.5 Å². The molecule has 8 heteroatoms. The van der Waals surface area contributed by atoms with E-state index in [1.54, 1.807) is 12.4 Å². The number of hydrogen-bond acceptors (Lipinski definition) is 5. The largest absolute Gasteiger partial charge is 0.343 e. The Morgan fingerprint density at radius 1 is 0.871 bits per heavy atom. The van der Waals surface area contributed by atoms with E-state index >= 15 is 0 Å². The first-order valence-electron chi connectivity index (χ1n) is 11.2. The molecule has 8 nitrogen and oxygen atoms in total. The van der Waals surface area contributed by atoms with Gasteiger partial charge in [0.25, 0.3) is 0 Å². The number of amides is 1. The van der Waals surface area contributed by atoms with Gasteiger partial charge in [-0.3, -0.25) is 9.79 Å². The Morgan fingerprint density at radius 3 is 2.29 bits per heavy atom. The quantitative estimate of drug-likeness (QED) is 0.590. The summed E-state index contributed by atoms with van der Waals surface area (Å²) in [7, 11) is 0. The van der Waals surface area contributed by atoms with E-state index in [0.717, 1.165) is 43.8 Å². The Balaban J connectivity index is 1.30. The summed E-state index contributed by atoms with van der Waals surface area (Å²) in [5.74, 6) is 1.78. The van der Waals surface area contributed by atoms with Crippen molar-refractivity contribution in [3.63, 3.8) is 0 Å². The van der Waals surface area contributed by atoms with Gasteiger partial charge >= 0.3 is 0 Å². The van der Waals surface area contributed by atoms with Crippen LogP contribution in [-0.4, -0.2) is 77.4 Å². The first-order chi connectivity index (χ1) is 15.3. The number of carbonyl (C=O) groups is 1. The molecule has 0 unspecified atom stereocenters. The second-order valence-corrected chi connectivity index (χ2v) is 7.91. The molecule has 2 fully saturated rings. The minimum absolute atomic E-state index is 0.162. The zero-order chi connectivity index (χ0) is 21.3. The van der Waals surface area contributed by atoms with E-state index in [-0.39, 0.29) is 5.91 Å². The van der Waals surface area contributed by atoms with Crippen molar-refractivity contribution in [1.29, 1.82) is 0 Å². The summed E-state index contributed by atoms with van der Waals surface area (Å²) < 4.78 is 0. The van der Waals surface area contributed by atoms with Crippen molar-refractivity contribution in [2.24, 2.45) is 4.99 Å². The normalized spacial score (nSPS) is 17.5. The fraction of sp³-hybridized carbons (Fsp3) is 0.478. The number of piperazine rings is 1. The molecule has 0 atom stereocenters. The number of para-hydroxylation sites is 1. The lowest BCUT2D eigenvalue weighted by Crippen LogP contribution is -2.49. The molecule has 0 spiro atoms. The number of hydrogen-bond donors (Lipinski definition) is 1. The summed E-state index contributed by atoms with van der Waals surface area (Å²) in [5.41, 5.74) is 1.03. The molecule has 2 saturated heterocycles. The van der Waals surface area contributed by atoms with E-state index in [9.17, 15) is 4.79 Å². The van der Waals surface area contributed by atoms with Crippen molar-refractivity contribution in [3.8, 4) is 0 Å². The Hall–Kier alpha value is -3.16. The van der Waals surface area contributed by atoms with Crippen molar-refractivity contribution in [1.82, 2.24) is 19.8 Å². The van der Waals surface area contributed by atoms with Crippen LogP contribution < -0.4 is 10.2 Å². The number of likely N-dealkylation sites (tertiary alicyclic amines) is 1. The number of aliphatic imine (C=N–C) groups is 1. The zero-order valence-electron chi connectivity index (χ0n) is 18.0. The Morgan fingerprint density at radius 2 is 1.58 bits per heavy atom. The second kappa shape index (κ2) is 10.7. The minimum Gasteiger partial charge on any atom is -0.343 e. The van der Waals surface area contributed by atoms with Crippen LogP contribution in [0.2, 0.25) is 0 Å². The van der Waals surface area contributed by atoms with Crippen molar-refractivity contribution in [3.05, 3.63) is 48.8 Å². The highest BCUT2D eigenvalue weighted by Gasteiger charge is 2.22. The van der Waals surface area contributed by atoms with Crippen LogP contribution in [0.3, 0.4) is 0 Å². The van der Waals surface area contributed by atoms with Crippen molar-refractivity contribution >= 4 is 23.5 Å². The predicted molar refractivity (Wildman–Crippen MR) is 123 cm³/mol. The Labute approximate surface area is 184 Å². The highest BCUT2D eigenvalue weighted by Crippen LogP contribution is 2.14. The summed E-state index contributed by atoms with van der Waals surface area (Å²) in [6, 6.07) is 11.9. The van der Waals surface area contributed by atoms with Crippen molar-refractivity contribution < 1.29 is 4.79 Å². The molecule has 0 radical (unpaired) electrons. The number of piperidine rings is 1. The van der Waals surface area contributed by atoms with Gasteiger partial charge in [-0.1, -0.05) is 18.2 Å². The molecular weight excluding hydrogens is 390 g/mol. The lowest BCUT2D eigenvalue weighted by Gasteiger charge is -2.34. The number of carbonyl (C=O) groups excluding carboxylic acids is 1. The van der Waals surface area contributed by atoms with Crippen LogP contribution >= 0.6 is 0 Å². The highest BCUT2D eigenvalue weighted by atomic mass is 16.2. The maximum Gasteiger partial charge on any atom is 0.225 e. The first-order valence-corrected chi connectivity index (χ1v) is 11.2. The van der Waals surface area contributed by atoms with E-state index in [2.05, 4.69) is 25.1 Å². The van der Waals surface area contributed by atoms with Crippen LogP contribution in [0.1, 0.15) is 25.7 Å². The molecular formula is C23H31N7O. The van der Waals surface area contributed by atoms with Crippen LogP contribution in [0.25, 0.3) is 0 Å². The highest BCUT2D eigenvalue weighted by molar-refractivity contribution is 5.93. The second-order valence-electron chi connectivity index (χ2n) is 7.91. The molecule has 2 aliphatic heterocycles. The van der Waals surface area contributed by atoms with E-state index in [1.165, 1.54) is 19.3 Å². The molecule has 3 heterocycles. The molecule has 31 heavy (non-hydrogen) atoms. The molecule has 2 aromatic rings. The predicted octanol–water partition coefficient (Wildman–Crippen LogP) is 2.47. The van der Waals surface area contributed by atoms with Gasteiger partial charge in [0.15, 0.2) is 5.96 Å². The van der Waals surface area contributed by atoms with Crippen LogP contribution in [0.5, 0.6) is 0 Å². The maximum atomic E-state index is 12.7. The molecule has 0 saturated carbocycles. The summed E-state index contributed by atoms with van der Waals surface area (Å²) in [6.45, 7) is 5.42. The Kier molecular flexibility index (Phi) is 7.31. The Bertz CT molecular complexity index is 845. The van der Waals surface area contributed by atoms with Gasteiger partial charge in [0.1, 0.15) is 0 Å². The average molecular weight is 422 g/mol. The van der Waals surface area contributed by atoms with Gasteiger partial charge in [-0.25, -0.2) is 9.97 Å². The zero-order valence-corrected chi connectivity index (χ0v) is 18.0. The van der Waals surface area contributed by atoms with Gasteiger partial charge in [-0.2, -0.15) is 0 Å². The molecule has 0 aliphatic carbocycles. The summed E-state index contributed by atoms with van der Waals surface area (Å²) in [5, 5.41) is 3.46. The lowest BCUT2D eigenvalue weighted by molar-refractivity contribution is -0.131. The minimum atomic E-state index is 0.162. The summed E-state index contributed by atoms with van der Waals surface area (Å²) >= 11 is 0. The van der Waals surface area contributed by atoms with Crippen LogP contribution in [0, 0.1) is 0 Å². The molecule has 1 aromatic heterocycles. The third-order valence-corrected chi connectivity index (χ3v) is 5.74. The monoisotopic (exact) mass is 421 g/mol. The third-order valence-electron chi connectivity index (χ3n) is 5.74. The summed E-state index contributed by atoms with van der Waals surface area (Å²) in [4.78, 5) is 32.5. The molecule has 4 rings (SSSR count). The smallest absolute Gasteiger partial charge is 0.225 e. The molecule has 2 aliphatic rings. The number of nitrogens with zero attached hydrogens (tertiary/aromatic N) is 6. The van der Waals surface area contributed by atoms with Gasteiger partial charge in [-0.15, -0.1) is 0 Å². The number of nitrogens with one attached hydrogen (secondary N) is 1. The van der Waals surface area contributed by atoms with E-state index < -0.39 is 0 Å². The SMILES string of the molecule is O=C(CCN=C(Nc1ccccc1)N1CCCCC1)N1CCN(c2ncccn2)CC1. The lowest BCUT2D eigenvalue weighted by atomic mass is 10.1. The molecule has 164 valence electrons. The van der Waals surface area contributed by atoms with E-state index in [1.807, 2.05) is 41.3 Å². The number of aromatic nitrogens is 2.